The fourth-order valence-corrected chi connectivity index (χ4v) is 5.45. The van der Waals surface area contributed by atoms with Gasteiger partial charge in [0.25, 0.3) is 5.56 Å². The number of aromatic nitrogens is 1. The summed E-state index contributed by atoms with van der Waals surface area (Å²) in [5.74, 6) is 0.611. The van der Waals surface area contributed by atoms with Crippen molar-refractivity contribution in [1.82, 2.24) is 4.57 Å². The standard InChI is InChI=1S/C29H30N2O8S/c1-7-37-23-13-18(9-11-21(23)39-17(4)32)14-24-27(33)31-26(19-10-12-20(35-5)22(15-19)36-6)25(28(34)38-8-2)16(3)30-29(31)40-24/h9-15,26H,7-8H2,1-6H3. The maximum atomic E-state index is 13.9. The Hall–Kier alpha value is -4.38. The minimum Gasteiger partial charge on any atom is -0.493 e. The number of hydrogen-bond donors (Lipinski definition) is 0. The molecule has 2 heterocycles. The minimum absolute atomic E-state index is 0.171. The predicted octanol–water partition coefficient (Wildman–Crippen LogP) is 3.14. The average Bonchev–Trinajstić information content (AvgIpc) is 3.22. The lowest BCUT2D eigenvalue weighted by Gasteiger charge is -2.25. The third kappa shape index (κ3) is 5.64. The summed E-state index contributed by atoms with van der Waals surface area (Å²) in [6.07, 6.45) is 1.71. The Morgan fingerprint density at radius 2 is 1.73 bits per heavy atom. The molecule has 1 aliphatic rings. The fraction of sp³-hybridized carbons (Fsp3) is 0.310. The fourth-order valence-electron chi connectivity index (χ4n) is 4.40. The molecule has 0 N–H and O–H groups in total. The van der Waals surface area contributed by atoms with Crippen molar-refractivity contribution >= 4 is 29.4 Å². The Labute approximate surface area is 234 Å². The Kier molecular flexibility index (Phi) is 8.73. The number of allylic oxidation sites excluding steroid dienone is 1. The summed E-state index contributed by atoms with van der Waals surface area (Å²) in [5.41, 5.74) is 1.67. The third-order valence-electron chi connectivity index (χ3n) is 6.06. The summed E-state index contributed by atoms with van der Waals surface area (Å²) in [5, 5.41) is 0. The van der Waals surface area contributed by atoms with Gasteiger partial charge in [-0.3, -0.25) is 14.2 Å². The number of ether oxygens (including phenoxy) is 5. The van der Waals surface area contributed by atoms with E-state index in [4.69, 9.17) is 23.7 Å². The van der Waals surface area contributed by atoms with Crippen molar-refractivity contribution in [3.05, 3.63) is 78.5 Å². The largest absolute Gasteiger partial charge is 0.493 e. The summed E-state index contributed by atoms with van der Waals surface area (Å²) >= 11 is 1.20. The van der Waals surface area contributed by atoms with Gasteiger partial charge in [0.2, 0.25) is 0 Å². The first-order valence-electron chi connectivity index (χ1n) is 12.6. The maximum absolute atomic E-state index is 13.9. The van der Waals surface area contributed by atoms with Gasteiger partial charge in [0.05, 0.1) is 49.3 Å². The molecule has 0 saturated carbocycles. The predicted molar refractivity (Wildman–Crippen MR) is 149 cm³/mol. The van der Waals surface area contributed by atoms with Crippen molar-refractivity contribution in [2.75, 3.05) is 27.4 Å². The van der Waals surface area contributed by atoms with E-state index in [2.05, 4.69) is 4.99 Å². The number of hydrogen-bond acceptors (Lipinski definition) is 10. The third-order valence-corrected chi connectivity index (χ3v) is 7.04. The van der Waals surface area contributed by atoms with E-state index in [1.54, 1.807) is 56.3 Å². The normalized spacial score (nSPS) is 14.8. The van der Waals surface area contributed by atoms with Gasteiger partial charge in [-0.2, -0.15) is 0 Å². The molecule has 0 saturated heterocycles. The first kappa shape index (κ1) is 28.6. The van der Waals surface area contributed by atoms with Crippen LogP contribution in [0.1, 0.15) is 44.9 Å². The minimum atomic E-state index is -0.803. The van der Waals surface area contributed by atoms with Crippen LogP contribution in [0.5, 0.6) is 23.0 Å². The molecular weight excluding hydrogens is 536 g/mol. The molecule has 1 aliphatic heterocycles. The molecule has 1 unspecified atom stereocenters. The van der Waals surface area contributed by atoms with Crippen LogP contribution < -0.4 is 33.8 Å². The van der Waals surface area contributed by atoms with Gasteiger partial charge in [0, 0.05) is 6.92 Å². The highest BCUT2D eigenvalue weighted by atomic mass is 32.1. The van der Waals surface area contributed by atoms with Crippen LogP contribution in [0, 0.1) is 0 Å². The molecular formula is C29H30N2O8S. The smallest absolute Gasteiger partial charge is 0.338 e. The van der Waals surface area contributed by atoms with E-state index in [-0.39, 0.29) is 23.5 Å². The van der Waals surface area contributed by atoms with Crippen LogP contribution in [0.4, 0.5) is 0 Å². The number of carbonyl (C=O) groups excluding carboxylic acids is 2. The molecule has 0 spiro atoms. The van der Waals surface area contributed by atoms with Crippen molar-refractivity contribution in [2.24, 2.45) is 4.99 Å². The molecule has 0 fully saturated rings. The lowest BCUT2D eigenvalue weighted by Crippen LogP contribution is -2.39. The number of benzene rings is 2. The number of esters is 2. The van der Waals surface area contributed by atoms with E-state index < -0.39 is 18.0 Å². The van der Waals surface area contributed by atoms with Crippen LogP contribution in [0.3, 0.4) is 0 Å². The van der Waals surface area contributed by atoms with Gasteiger partial charge in [-0.25, -0.2) is 9.79 Å². The second-order valence-electron chi connectivity index (χ2n) is 8.65. The second kappa shape index (κ2) is 12.2. The quantitative estimate of drug-likeness (QED) is 0.287. The number of thiazole rings is 1. The molecule has 40 heavy (non-hydrogen) atoms. The van der Waals surface area contributed by atoms with E-state index in [9.17, 15) is 14.4 Å². The Balaban J connectivity index is 1.91. The van der Waals surface area contributed by atoms with Gasteiger partial charge < -0.3 is 23.7 Å². The van der Waals surface area contributed by atoms with Crippen molar-refractivity contribution in [2.45, 2.75) is 33.7 Å². The maximum Gasteiger partial charge on any atom is 0.338 e. The zero-order chi connectivity index (χ0) is 29.0. The van der Waals surface area contributed by atoms with Crippen LogP contribution in [0.25, 0.3) is 6.08 Å². The molecule has 3 aromatic rings. The average molecular weight is 567 g/mol. The van der Waals surface area contributed by atoms with Crippen molar-refractivity contribution in [3.63, 3.8) is 0 Å². The molecule has 0 aliphatic carbocycles. The van der Waals surface area contributed by atoms with Crippen LogP contribution in [-0.4, -0.2) is 43.9 Å². The molecule has 0 radical (unpaired) electrons. The summed E-state index contributed by atoms with van der Waals surface area (Å²) in [4.78, 5) is 43.5. The Morgan fingerprint density at radius 1 is 1.00 bits per heavy atom. The first-order valence-corrected chi connectivity index (χ1v) is 13.4. The number of rotatable bonds is 9. The molecule has 10 nitrogen and oxygen atoms in total. The van der Waals surface area contributed by atoms with Crippen molar-refractivity contribution in [1.29, 1.82) is 0 Å². The summed E-state index contributed by atoms with van der Waals surface area (Å²) in [7, 11) is 3.05. The van der Waals surface area contributed by atoms with Crippen molar-refractivity contribution < 1.29 is 33.3 Å². The SMILES string of the molecule is CCOC(=O)C1=C(C)N=c2sc(=Cc3ccc(OC(C)=O)c(OCC)c3)c(=O)n2C1c1ccc(OC)c(OC)c1. The van der Waals surface area contributed by atoms with E-state index in [1.807, 2.05) is 6.92 Å². The van der Waals surface area contributed by atoms with Crippen LogP contribution in [-0.2, 0) is 14.3 Å². The van der Waals surface area contributed by atoms with E-state index in [1.165, 1.54) is 37.0 Å². The highest BCUT2D eigenvalue weighted by Crippen LogP contribution is 2.36. The molecule has 2 aromatic carbocycles. The number of carbonyl (C=O) groups is 2. The number of nitrogens with zero attached hydrogens (tertiary/aromatic N) is 2. The van der Waals surface area contributed by atoms with Gasteiger partial charge in [-0.05, 0) is 62.2 Å². The number of methoxy groups -OCH3 is 2. The van der Waals surface area contributed by atoms with Gasteiger partial charge in [0.15, 0.2) is 27.8 Å². The van der Waals surface area contributed by atoms with E-state index in [0.717, 1.165) is 0 Å². The summed E-state index contributed by atoms with van der Waals surface area (Å²) in [6.45, 7) is 7.11. The first-order chi connectivity index (χ1) is 19.2. The summed E-state index contributed by atoms with van der Waals surface area (Å²) in [6, 6.07) is 9.47. The monoisotopic (exact) mass is 566 g/mol. The van der Waals surface area contributed by atoms with E-state index >= 15 is 0 Å². The molecule has 0 bridgehead atoms. The highest BCUT2D eigenvalue weighted by Gasteiger charge is 2.34. The van der Waals surface area contributed by atoms with Gasteiger partial charge in [-0.15, -0.1) is 0 Å². The highest BCUT2D eigenvalue weighted by molar-refractivity contribution is 7.07. The topological polar surface area (TPSA) is 115 Å². The molecule has 1 atom stereocenters. The Bertz CT molecular complexity index is 1670. The molecule has 1 aromatic heterocycles. The van der Waals surface area contributed by atoms with Gasteiger partial charge in [-0.1, -0.05) is 23.5 Å². The summed E-state index contributed by atoms with van der Waals surface area (Å²) < 4.78 is 29.0. The Morgan fingerprint density at radius 3 is 2.38 bits per heavy atom. The molecule has 11 heteroatoms. The second-order valence-corrected chi connectivity index (χ2v) is 9.66. The van der Waals surface area contributed by atoms with E-state index in [0.29, 0.717) is 50.0 Å². The molecule has 0 amide bonds. The zero-order valence-electron chi connectivity index (χ0n) is 23.1. The number of fused-ring (bicyclic) bond motifs is 1. The molecule has 4 rings (SSSR count). The zero-order valence-corrected chi connectivity index (χ0v) is 23.9. The lowest BCUT2D eigenvalue weighted by molar-refractivity contribution is -0.139. The van der Waals surface area contributed by atoms with Crippen LogP contribution in [0.2, 0.25) is 0 Å². The van der Waals surface area contributed by atoms with Crippen LogP contribution in [0.15, 0.2) is 57.5 Å². The van der Waals surface area contributed by atoms with Crippen molar-refractivity contribution in [3.8, 4) is 23.0 Å². The lowest BCUT2D eigenvalue weighted by atomic mass is 9.95. The van der Waals surface area contributed by atoms with Gasteiger partial charge >= 0.3 is 11.9 Å². The molecule has 210 valence electrons. The van der Waals surface area contributed by atoms with Gasteiger partial charge in [0.1, 0.15) is 0 Å². The van der Waals surface area contributed by atoms with Crippen LogP contribution >= 0.6 is 11.3 Å².